The summed E-state index contributed by atoms with van der Waals surface area (Å²) in [7, 11) is 0. The Balaban J connectivity index is 1.91. The highest BCUT2D eigenvalue weighted by molar-refractivity contribution is 6.35. The van der Waals surface area contributed by atoms with Gasteiger partial charge in [0.15, 0.2) is 0 Å². The number of non-ortho nitro benzene ring substituents is 1. The molecule has 9 heteroatoms. The second-order valence-electron chi connectivity index (χ2n) is 8.20. The van der Waals surface area contributed by atoms with Crippen molar-refractivity contribution in [2.75, 3.05) is 32.8 Å². The highest BCUT2D eigenvalue weighted by atomic mass is 16.6. The van der Waals surface area contributed by atoms with Crippen LogP contribution in [0.2, 0.25) is 0 Å². The van der Waals surface area contributed by atoms with Gasteiger partial charge in [-0.05, 0) is 56.7 Å². The SMILES string of the molecule is CC(C)OCCCN1C(=O)C(c2ccc([N+](=O)[O-])cc2)=C(N2CCCC(CO)C2)C1=O. The number of carbonyl (C=O) groups excluding carboxylic acids is 2. The summed E-state index contributed by atoms with van der Waals surface area (Å²) in [4.78, 5) is 40.2. The van der Waals surface area contributed by atoms with Crippen molar-refractivity contribution in [2.45, 2.75) is 39.2 Å². The Hall–Kier alpha value is -2.78. The van der Waals surface area contributed by atoms with Gasteiger partial charge in [-0.2, -0.15) is 0 Å². The van der Waals surface area contributed by atoms with E-state index >= 15 is 0 Å². The van der Waals surface area contributed by atoms with E-state index < -0.39 is 10.8 Å². The number of amides is 2. The number of hydrogen-bond donors (Lipinski definition) is 1. The van der Waals surface area contributed by atoms with E-state index in [9.17, 15) is 24.8 Å². The Morgan fingerprint density at radius 3 is 2.55 bits per heavy atom. The van der Waals surface area contributed by atoms with Gasteiger partial charge in [0.1, 0.15) is 5.70 Å². The van der Waals surface area contributed by atoms with Gasteiger partial charge in [0.25, 0.3) is 17.5 Å². The summed E-state index contributed by atoms with van der Waals surface area (Å²) in [6.45, 7) is 5.65. The number of hydrogen-bond acceptors (Lipinski definition) is 7. The number of carbonyl (C=O) groups is 2. The molecular formula is C22H29N3O6. The second kappa shape index (κ2) is 10.0. The molecule has 2 aliphatic rings. The number of piperidine rings is 1. The number of nitro benzene ring substituents is 1. The van der Waals surface area contributed by atoms with E-state index in [1.165, 1.54) is 29.2 Å². The minimum Gasteiger partial charge on any atom is -0.396 e. The highest BCUT2D eigenvalue weighted by Gasteiger charge is 2.42. The van der Waals surface area contributed by atoms with Crippen LogP contribution in [0, 0.1) is 16.0 Å². The highest BCUT2D eigenvalue weighted by Crippen LogP contribution is 2.34. The molecule has 0 saturated carbocycles. The molecule has 1 N–H and O–H groups in total. The fourth-order valence-corrected chi connectivity index (χ4v) is 4.03. The molecule has 1 saturated heterocycles. The molecule has 9 nitrogen and oxygen atoms in total. The molecule has 1 atom stereocenters. The van der Waals surface area contributed by atoms with Crippen LogP contribution in [-0.2, 0) is 14.3 Å². The third-order valence-electron chi connectivity index (χ3n) is 5.58. The first-order valence-electron chi connectivity index (χ1n) is 10.7. The minimum absolute atomic E-state index is 0.0229. The number of likely N-dealkylation sites (tertiary alicyclic amines) is 1. The van der Waals surface area contributed by atoms with E-state index in [-0.39, 0.29) is 42.3 Å². The first-order valence-corrected chi connectivity index (χ1v) is 10.7. The minimum atomic E-state index is -0.502. The number of aliphatic hydroxyl groups is 1. The summed E-state index contributed by atoms with van der Waals surface area (Å²) < 4.78 is 5.53. The van der Waals surface area contributed by atoms with E-state index in [0.29, 0.717) is 37.4 Å². The van der Waals surface area contributed by atoms with E-state index in [4.69, 9.17) is 4.74 Å². The van der Waals surface area contributed by atoms with E-state index in [1.807, 2.05) is 18.7 Å². The lowest BCUT2D eigenvalue weighted by Crippen LogP contribution is -2.41. The molecule has 2 amide bonds. The topological polar surface area (TPSA) is 113 Å². The normalized spacial score (nSPS) is 19.7. The maximum Gasteiger partial charge on any atom is 0.277 e. The monoisotopic (exact) mass is 431 g/mol. The van der Waals surface area contributed by atoms with Crippen molar-refractivity contribution in [3.05, 3.63) is 45.6 Å². The molecule has 168 valence electrons. The molecule has 1 unspecified atom stereocenters. The molecular weight excluding hydrogens is 402 g/mol. The van der Waals surface area contributed by atoms with Crippen LogP contribution in [-0.4, -0.2) is 70.6 Å². The van der Waals surface area contributed by atoms with Crippen LogP contribution >= 0.6 is 0 Å². The van der Waals surface area contributed by atoms with Gasteiger partial charge >= 0.3 is 0 Å². The summed E-state index contributed by atoms with van der Waals surface area (Å²) in [5, 5.41) is 20.6. The van der Waals surface area contributed by atoms with E-state index in [1.54, 1.807) is 0 Å². The molecule has 3 rings (SSSR count). The lowest BCUT2D eigenvalue weighted by Gasteiger charge is -2.34. The molecule has 2 heterocycles. The molecule has 1 fully saturated rings. The van der Waals surface area contributed by atoms with Gasteiger partial charge in [0.2, 0.25) is 0 Å². The third kappa shape index (κ3) is 5.11. The van der Waals surface area contributed by atoms with Crippen LogP contribution in [0.15, 0.2) is 30.0 Å². The first kappa shape index (κ1) is 22.9. The van der Waals surface area contributed by atoms with Gasteiger partial charge in [0, 0.05) is 45.0 Å². The van der Waals surface area contributed by atoms with Crippen molar-refractivity contribution in [1.29, 1.82) is 0 Å². The Bertz CT molecular complexity index is 865. The summed E-state index contributed by atoms with van der Waals surface area (Å²) >= 11 is 0. The van der Waals surface area contributed by atoms with Gasteiger partial charge in [-0.15, -0.1) is 0 Å². The predicted molar refractivity (Wildman–Crippen MR) is 114 cm³/mol. The van der Waals surface area contributed by atoms with Crippen LogP contribution in [0.5, 0.6) is 0 Å². The maximum atomic E-state index is 13.3. The van der Waals surface area contributed by atoms with Crippen molar-refractivity contribution in [3.63, 3.8) is 0 Å². The molecule has 0 radical (unpaired) electrons. The number of ether oxygens (including phenoxy) is 1. The number of aliphatic hydroxyl groups excluding tert-OH is 1. The molecule has 0 aliphatic carbocycles. The van der Waals surface area contributed by atoms with Crippen molar-refractivity contribution < 1.29 is 24.4 Å². The van der Waals surface area contributed by atoms with Crippen LogP contribution in [0.1, 0.15) is 38.7 Å². The average Bonchev–Trinajstić information content (AvgIpc) is 3.01. The van der Waals surface area contributed by atoms with E-state index in [0.717, 1.165) is 12.8 Å². The van der Waals surface area contributed by atoms with E-state index in [2.05, 4.69) is 0 Å². The van der Waals surface area contributed by atoms with Gasteiger partial charge in [-0.25, -0.2) is 0 Å². The van der Waals surface area contributed by atoms with Crippen LogP contribution in [0.3, 0.4) is 0 Å². The number of imide groups is 1. The molecule has 1 aromatic carbocycles. The average molecular weight is 431 g/mol. The second-order valence-corrected chi connectivity index (χ2v) is 8.20. The molecule has 0 bridgehead atoms. The molecule has 1 aromatic rings. The van der Waals surface area contributed by atoms with Crippen LogP contribution < -0.4 is 0 Å². The summed E-state index contributed by atoms with van der Waals surface area (Å²) in [5.41, 5.74) is 0.986. The Morgan fingerprint density at radius 2 is 1.94 bits per heavy atom. The number of benzene rings is 1. The Kier molecular flexibility index (Phi) is 7.40. The zero-order valence-corrected chi connectivity index (χ0v) is 18.0. The summed E-state index contributed by atoms with van der Waals surface area (Å²) in [5.74, 6) is -0.721. The van der Waals surface area contributed by atoms with Crippen LogP contribution in [0.4, 0.5) is 5.69 Å². The molecule has 31 heavy (non-hydrogen) atoms. The quantitative estimate of drug-likeness (QED) is 0.276. The maximum absolute atomic E-state index is 13.3. The van der Waals surface area contributed by atoms with Gasteiger partial charge in [0.05, 0.1) is 16.6 Å². The lowest BCUT2D eigenvalue weighted by atomic mass is 9.97. The summed E-state index contributed by atoms with van der Waals surface area (Å²) in [6.07, 6.45) is 2.27. The largest absolute Gasteiger partial charge is 0.396 e. The lowest BCUT2D eigenvalue weighted by molar-refractivity contribution is -0.384. The third-order valence-corrected chi connectivity index (χ3v) is 5.58. The van der Waals surface area contributed by atoms with Crippen molar-refractivity contribution in [2.24, 2.45) is 5.92 Å². The van der Waals surface area contributed by atoms with Crippen molar-refractivity contribution >= 4 is 23.1 Å². The Labute approximate surface area is 181 Å². The number of rotatable bonds is 9. The zero-order chi connectivity index (χ0) is 22.5. The molecule has 0 aromatic heterocycles. The number of nitro groups is 1. The molecule has 0 spiro atoms. The first-order chi connectivity index (χ1) is 14.8. The standard InChI is InChI=1S/C22H29N3O6/c1-15(2)31-12-4-11-24-21(27)19(17-6-8-18(9-7-17)25(29)30)20(22(24)28)23-10-3-5-16(13-23)14-26/h6-9,15-16,26H,3-5,10-14H2,1-2H3. The van der Waals surface area contributed by atoms with Crippen molar-refractivity contribution in [3.8, 4) is 0 Å². The fraction of sp³-hybridized carbons (Fsp3) is 0.545. The fourth-order valence-electron chi connectivity index (χ4n) is 4.03. The predicted octanol–water partition coefficient (Wildman–Crippen LogP) is 2.19. The number of nitrogens with zero attached hydrogens (tertiary/aromatic N) is 3. The molecule has 2 aliphatic heterocycles. The van der Waals surface area contributed by atoms with Gasteiger partial charge < -0.3 is 14.7 Å². The van der Waals surface area contributed by atoms with Gasteiger partial charge in [-0.3, -0.25) is 24.6 Å². The van der Waals surface area contributed by atoms with Crippen LogP contribution in [0.25, 0.3) is 5.57 Å². The Morgan fingerprint density at radius 1 is 1.23 bits per heavy atom. The smallest absolute Gasteiger partial charge is 0.277 e. The van der Waals surface area contributed by atoms with Crippen molar-refractivity contribution in [1.82, 2.24) is 9.80 Å². The summed E-state index contributed by atoms with van der Waals surface area (Å²) in [6, 6.07) is 5.70. The zero-order valence-electron chi connectivity index (χ0n) is 18.0. The van der Waals surface area contributed by atoms with Gasteiger partial charge in [-0.1, -0.05) is 0 Å².